The number of nitrogens with zero attached hydrogens (tertiary/aromatic N) is 3. The van der Waals surface area contributed by atoms with E-state index in [4.69, 9.17) is 9.41 Å². The van der Waals surface area contributed by atoms with Crippen LogP contribution >= 0.6 is 24.0 Å². The van der Waals surface area contributed by atoms with Gasteiger partial charge in [-0.3, -0.25) is 0 Å². The van der Waals surface area contributed by atoms with E-state index in [0.717, 1.165) is 46.2 Å². The number of benzene rings is 1. The number of para-hydroxylation sites is 1. The van der Waals surface area contributed by atoms with Gasteiger partial charge in [-0.2, -0.15) is 0 Å². The molecule has 7 heteroatoms. The summed E-state index contributed by atoms with van der Waals surface area (Å²) in [6, 6.07) is 12.1. The first kappa shape index (κ1) is 22.0. The van der Waals surface area contributed by atoms with Crippen molar-refractivity contribution in [3.63, 3.8) is 0 Å². The second kappa shape index (κ2) is 10.3. The molecular weight excluding hydrogens is 465 g/mol. The van der Waals surface area contributed by atoms with E-state index in [2.05, 4.69) is 41.6 Å². The minimum absolute atomic E-state index is 0. The van der Waals surface area contributed by atoms with Crippen LogP contribution in [0.3, 0.4) is 0 Å². The Balaban J connectivity index is 0.00000280. The molecule has 0 unspecified atom stereocenters. The predicted octanol–water partition coefficient (Wildman–Crippen LogP) is 4.08. The van der Waals surface area contributed by atoms with E-state index in [1.807, 2.05) is 43.3 Å². The van der Waals surface area contributed by atoms with Crippen molar-refractivity contribution in [3.05, 3.63) is 59.5 Å². The molecule has 6 nitrogen and oxygen atoms in total. The monoisotopic (exact) mass is 493 g/mol. The number of anilines is 1. The van der Waals surface area contributed by atoms with Gasteiger partial charge in [-0.05, 0) is 26.0 Å². The standard InChI is InChI=1S/C21H27N5O.HI/c1-5-22-21(24-13-16-9-8-12-23-20(16)26(3)4)25-14-19-15(2)17-10-6-7-11-18(17)27-19;/h6-12H,5,13-14H2,1-4H3,(H2,22,24,25);1H. The van der Waals surface area contributed by atoms with Gasteiger partial charge in [0.1, 0.15) is 17.2 Å². The van der Waals surface area contributed by atoms with Gasteiger partial charge >= 0.3 is 0 Å². The summed E-state index contributed by atoms with van der Waals surface area (Å²) in [5, 5.41) is 7.81. The molecule has 0 bridgehead atoms. The molecule has 3 aromatic rings. The summed E-state index contributed by atoms with van der Waals surface area (Å²) in [5.41, 5.74) is 3.16. The van der Waals surface area contributed by atoms with Gasteiger partial charge in [-0.25, -0.2) is 9.98 Å². The second-order valence-corrected chi connectivity index (χ2v) is 6.58. The predicted molar refractivity (Wildman–Crippen MR) is 127 cm³/mol. The fraction of sp³-hybridized carbons (Fsp3) is 0.333. The number of nitrogens with one attached hydrogen (secondary N) is 2. The van der Waals surface area contributed by atoms with Crippen molar-refractivity contribution in [2.45, 2.75) is 26.9 Å². The second-order valence-electron chi connectivity index (χ2n) is 6.58. The van der Waals surface area contributed by atoms with Crippen molar-refractivity contribution in [2.24, 2.45) is 4.99 Å². The van der Waals surface area contributed by atoms with Crippen molar-refractivity contribution in [1.29, 1.82) is 0 Å². The number of rotatable bonds is 6. The van der Waals surface area contributed by atoms with Crippen LogP contribution in [-0.2, 0) is 13.1 Å². The Hall–Kier alpha value is -2.29. The van der Waals surface area contributed by atoms with Gasteiger partial charge in [0.15, 0.2) is 5.96 Å². The first-order valence-corrected chi connectivity index (χ1v) is 9.20. The highest BCUT2D eigenvalue weighted by Gasteiger charge is 2.10. The number of aliphatic imine (C=N–C) groups is 1. The van der Waals surface area contributed by atoms with Gasteiger partial charge in [0.05, 0.1) is 13.1 Å². The van der Waals surface area contributed by atoms with Gasteiger partial charge in [-0.15, -0.1) is 24.0 Å². The average molecular weight is 493 g/mol. The van der Waals surface area contributed by atoms with E-state index in [9.17, 15) is 0 Å². The first-order chi connectivity index (χ1) is 13.1. The third-order valence-corrected chi connectivity index (χ3v) is 4.40. The molecule has 0 saturated heterocycles. The van der Waals surface area contributed by atoms with Crippen LogP contribution in [0.15, 0.2) is 52.0 Å². The van der Waals surface area contributed by atoms with Crippen molar-refractivity contribution in [2.75, 3.05) is 25.5 Å². The van der Waals surface area contributed by atoms with E-state index >= 15 is 0 Å². The first-order valence-electron chi connectivity index (χ1n) is 9.20. The number of fused-ring (bicyclic) bond motifs is 1. The largest absolute Gasteiger partial charge is 0.459 e. The average Bonchev–Trinajstić information content (AvgIpc) is 3.00. The topological polar surface area (TPSA) is 65.7 Å². The molecule has 0 aliphatic rings. The van der Waals surface area contributed by atoms with Crippen LogP contribution in [-0.4, -0.2) is 31.6 Å². The molecule has 2 N–H and O–H groups in total. The van der Waals surface area contributed by atoms with E-state index in [-0.39, 0.29) is 24.0 Å². The summed E-state index contributed by atoms with van der Waals surface area (Å²) in [6.45, 7) is 6.07. The lowest BCUT2D eigenvalue weighted by atomic mass is 10.1. The van der Waals surface area contributed by atoms with Crippen LogP contribution in [0.5, 0.6) is 0 Å². The molecule has 0 spiro atoms. The van der Waals surface area contributed by atoms with E-state index in [1.165, 1.54) is 0 Å². The maximum atomic E-state index is 5.98. The Morgan fingerprint density at radius 1 is 1.14 bits per heavy atom. The summed E-state index contributed by atoms with van der Waals surface area (Å²) in [6.07, 6.45) is 1.80. The third kappa shape index (κ3) is 5.15. The van der Waals surface area contributed by atoms with Crippen LogP contribution < -0.4 is 15.5 Å². The highest BCUT2D eigenvalue weighted by molar-refractivity contribution is 14.0. The Morgan fingerprint density at radius 2 is 1.93 bits per heavy atom. The van der Waals surface area contributed by atoms with Crippen LogP contribution in [0.25, 0.3) is 11.0 Å². The summed E-state index contributed by atoms with van der Waals surface area (Å²) in [4.78, 5) is 11.1. The molecule has 0 saturated carbocycles. The minimum atomic E-state index is 0. The van der Waals surface area contributed by atoms with Crippen molar-refractivity contribution in [1.82, 2.24) is 15.6 Å². The molecule has 28 heavy (non-hydrogen) atoms. The van der Waals surface area contributed by atoms with E-state index in [1.54, 1.807) is 6.20 Å². The van der Waals surface area contributed by atoms with Crippen LogP contribution in [0.4, 0.5) is 5.82 Å². The number of halogens is 1. The zero-order valence-electron chi connectivity index (χ0n) is 16.8. The Labute approximate surface area is 183 Å². The number of aromatic nitrogens is 1. The lowest BCUT2D eigenvalue weighted by Gasteiger charge is -2.15. The third-order valence-electron chi connectivity index (χ3n) is 4.40. The number of hydrogen-bond acceptors (Lipinski definition) is 4. The highest BCUT2D eigenvalue weighted by Crippen LogP contribution is 2.24. The molecular formula is C21H28IN5O. The SMILES string of the molecule is CCNC(=NCc1cccnc1N(C)C)NCc1oc2ccccc2c1C.I. The Bertz CT molecular complexity index is 935. The molecule has 2 aromatic heterocycles. The number of furan rings is 1. The number of guanidine groups is 1. The fourth-order valence-corrected chi connectivity index (χ4v) is 3.02. The summed E-state index contributed by atoms with van der Waals surface area (Å²) >= 11 is 0. The molecule has 3 rings (SSSR count). The van der Waals surface area contributed by atoms with Crippen LogP contribution in [0.2, 0.25) is 0 Å². The Kier molecular flexibility index (Phi) is 8.10. The maximum absolute atomic E-state index is 5.98. The molecule has 0 aliphatic carbocycles. The molecule has 0 radical (unpaired) electrons. The van der Waals surface area contributed by atoms with Crippen molar-refractivity contribution < 1.29 is 4.42 Å². The molecule has 0 aliphatic heterocycles. The zero-order valence-corrected chi connectivity index (χ0v) is 19.2. The molecule has 0 fully saturated rings. The van der Waals surface area contributed by atoms with Crippen LogP contribution in [0, 0.1) is 6.92 Å². The van der Waals surface area contributed by atoms with E-state index in [0.29, 0.717) is 13.1 Å². The van der Waals surface area contributed by atoms with Crippen molar-refractivity contribution in [3.8, 4) is 0 Å². The number of aryl methyl sites for hydroxylation is 1. The van der Waals surface area contributed by atoms with E-state index < -0.39 is 0 Å². The molecule has 2 heterocycles. The fourth-order valence-electron chi connectivity index (χ4n) is 3.02. The Morgan fingerprint density at radius 3 is 2.64 bits per heavy atom. The number of pyridine rings is 1. The zero-order chi connectivity index (χ0) is 19.2. The van der Waals surface area contributed by atoms with Gasteiger partial charge in [0.25, 0.3) is 0 Å². The van der Waals surface area contributed by atoms with Gasteiger partial charge in [-0.1, -0.05) is 24.3 Å². The molecule has 0 amide bonds. The molecule has 1 aromatic carbocycles. The maximum Gasteiger partial charge on any atom is 0.191 e. The van der Waals surface area contributed by atoms with Crippen molar-refractivity contribution >= 4 is 46.7 Å². The van der Waals surface area contributed by atoms with Crippen LogP contribution in [0.1, 0.15) is 23.8 Å². The highest BCUT2D eigenvalue weighted by atomic mass is 127. The van der Waals surface area contributed by atoms with Gasteiger partial charge in [0, 0.05) is 43.4 Å². The number of hydrogen-bond donors (Lipinski definition) is 2. The smallest absolute Gasteiger partial charge is 0.191 e. The summed E-state index contributed by atoms with van der Waals surface area (Å²) < 4.78 is 5.98. The lowest BCUT2D eigenvalue weighted by molar-refractivity contribution is 0.534. The summed E-state index contributed by atoms with van der Waals surface area (Å²) in [7, 11) is 3.98. The van der Waals surface area contributed by atoms with Gasteiger partial charge in [0.2, 0.25) is 0 Å². The normalized spacial score (nSPS) is 11.2. The lowest BCUT2D eigenvalue weighted by Crippen LogP contribution is -2.36. The quantitative estimate of drug-likeness (QED) is 0.308. The summed E-state index contributed by atoms with van der Waals surface area (Å²) in [5.74, 6) is 2.62. The molecule has 0 atom stereocenters. The minimum Gasteiger partial charge on any atom is -0.459 e. The van der Waals surface area contributed by atoms with Gasteiger partial charge < -0.3 is 20.0 Å². The molecule has 150 valence electrons.